The number of aromatic nitrogens is 2. The van der Waals surface area contributed by atoms with E-state index in [1.165, 1.54) is 0 Å². The van der Waals surface area contributed by atoms with Gasteiger partial charge >= 0.3 is 5.69 Å². The lowest BCUT2D eigenvalue weighted by Crippen LogP contribution is -2.25. The van der Waals surface area contributed by atoms with Crippen LogP contribution >= 0.6 is 0 Å². The number of rotatable bonds is 7. The van der Waals surface area contributed by atoms with E-state index in [2.05, 4.69) is 15.3 Å². The van der Waals surface area contributed by atoms with Crippen LogP contribution in [0.5, 0.6) is 0 Å². The van der Waals surface area contributed by atoms with Crippen molar-refractivity contribution in [2.24, 2.45) is 0 Å². The first-order valence-electron chi connectivity index (χ1n) is 8.42. The van der Waals surface area contributed by atoms with Gasteiger partial charge in [-0.1, -0.05) is 18.2 Å². The first-order valence-corrected chi connectivity index (χ1v) is 8.42. The molecule has 130 valence electrons. The van der Waals surface area contributed by atoms with Crippen LogP contribution < -0.4 is 16.7 Å². The summed E-state index contributed by atoms with van der Waals surface area (Å²) in [5, 5.41) is 2.94. The van der Waals surface area contributed by atoms with Crippen molar-refractivity contribution in [1.29, 1.82) is 0 Å². The smallest absolute Gasteiger partial charge is 0.323 e. The third-order valence-corrected chi connectivity index (χ3v) is 4.17. The van der Waals surface area contributed by atoms with Crippen LogP contribution in [0.15, 0.2) is 47.3 Å². The number of nitrogens with one attached hydrogen (secondary N) is 3. The predicted octanol–water partition coefficient (Wildman–Crippen LogP) is 2.12. The number of benzene rings is 2. The first kappa shape index (κ1) is 16.8. The molecule has 0 saturated heterocycles. The number of nitrogens with two attached hydrogens (primary N) is 1. The molecule has 1 heterocycles. The van der Waals surface area contributed by atoms with Gasteiger partial charge in [-0.2, -0.15) is 0 Å². The summed E-state index contributed by atoms with van der Waals surface area (Å²) in [4.78, 5) is 28.6. The number of carbonyl (C=O) groups excluding carboxylic acids is 1. The molecule has 0 radical (unpaired) electrons. The van der Waals surface area contributed by atoms with Gasteiger partial charge in [-0.15, -0.1) is 0 Å². The molecule has 6 nitrogen and oxygen atoms in total. The second kappa shape index (κ2) is 7.70. The van der Waals surface area contributed by atoms with E-state index in [0.717, 1.165) is 47.1 Å². The van der Waals surface area contributed by atoms with Crippen molar-refractivity contribution in [3.05, 3.63) is 64.1 Å². The molecule has 0 bridgehead atoms. The summed E-state index contributed by atoms with van der Waals surface area (Å²) >= 11 is 0. The maximum Gasteiger partial charge on any atom is 0.323 e. The topological polar surface area (TPSA) is 104 Å². The number of hydrogen-bond donors (Lipinski definition) is 4. The van der Waals surface area contributed by atoms with E-state index in [-0.39, 0.29) is 11.6 Å². The molecular formula is C19H22N4O2. The van der Waals surface area contributed by atoms with E-state index >= 15 is 0 Å². The second-order valence-electron chi connectivity index (χ2n) is 6.15. The van der Waals surface area contributed by atoms with E-state index in [9.17, 15) is 9.59 Å². The summed E-state index contributed by atoms with van der Waals surface area (Å²) < 4.78 is 0. The van der Waals surface area contributed by atoms with E-state index in [1.807, 2.05) is 42.5 Å². The van der Waals surface area contributed by atoms with Gasteiger partial charge in [-0.3, -0.25) is 4.79 Å². The van der Waals surface area contributed by atoms with Crippen LogP contribution in [0.25, 0.3) is 11.0 Å². The van der Waals surface area contributed by atoms with Gasteiger partial charge in [-0.05, 0) is 54.7 Å². The largest absolute Gasteiger partial charge is 0.399 e. The number of amides is 1. The Kier molecular flexibility index (Phi) is 5.18. The molecule has 1 amide bonds. The van der Waals surface area contributed by atoms with E-state index in [1.54, 1.807) is 0 Å². The number of carbonyl (C=O) groups is 1. The Bertz CT molecular complexity index is 909. The summed E-state index contributed by atoms with van der Waals surface area (Å²) in [7, 11) is 0. The lowest BCUT2D eigenvalue weighted by molar-refractivity contribution is -0.121. The fourth-order valence-electron chi connectivity index (χ4n) is 2.81. The minimum Gasteiger partial charge on any atom is -0.399 e. The average Bonchev–Trinajstić information content (AvgIpc) is 2.96. The van der Waals surface area contributed by atoms with Crippen molar-refractivity contribution in [2.45, 2.75) is 25.7 Å². The second-order valence-corrected chi connectivity index (χ2v) is 6.15. The molecule has 0 saturated carbocycles. The normalized spacial score (nSPS) is 10.9. The molecular weight excluding hydrogens is 316 g/mol. The minimum atomic E-state index is -0.201. The molecule has 0 aliphatic carbocycles. The Labute approximate surface area is 145 Å². The molecule has 0 unspecified atom stereocenters. The number of fused-ring (bicyclic) bond motifs is 1. The van der Waals surface area contributed by atoms with Crippen molar-refractivity contribution in [1.82, 2.24) is 15.3 Å². The summed E-state index contributed by atoms with van der Waals surface area (Å²) in [6.45, 7) is 0.624. The fraction of sp³-hybridized carbons (Fsp3) is 0.263. The summed E-state index contributed by atoms with van der Waals surface area (Å²) in [6, 6.07) is 13.5. The van der Waals surface area contributed by atoms with Gasteiger partial charge in [0.25, 0.3) is 0 Å². The molecule has 0 aliphatic rings. The zero-order chi connectivity index (χ0) is 17.6. The van der Waals surface area contributed by atoms with Crippen LogP contribution in [-0.4, -0.2) is 22.4 Å². The van der Waals surface area contributed by atoms with Crippen LogP contribution in [0.2, 0.25) is 0 Å². The number of imidazole rings is 1. The van der Waals surface area contributed by atoms with Crippen molar-refractivity contribution in [3.63, 3.8) is 0 Å². The molecule has 6 heteroatoms. The lowest BCUT2D eigenvalue weighted by Gasteiger charge is -2.06. The highest BCUT2D eigenvalue weighted by Crippen LogP contribution is 2.12. The molecule has 0 atom stereocenters. The Balaban J connectivity index is 1.39. The van der Waals surface area contributed by atoms with Crippen LogP contribution in [0.1, 0.15) is 24.0 Å². The van der Waals surface area contributed by atoms with Gasteiger partial charge in [-0.25, -0.2) is 4.79 Å². The quantitative estimate of drug-likeness (QED) is 0.496. The van der Waals surface area contributed by atoms with Crippen LogP contribution in [0, 0.1) is 0 Å². The van der Waals surface area contributed by atoms with Gasteiger partial charge < -0.3 is 21.0 Å². The molecule has 3 aromatic rings. The third-order valence-electron chi connectivity index (χ3n) is 4.17. The molecule has 2 aromatic carbocycles. The number of hydrogen-bond acceptors (Lipinski definition) is 3. The number of nitrogen functional groups attached to an aromatic ring is 1. The Morgan fingerprint density at radius 2 is 1.68 bits per heavy atom. The standard InChI is InChI=1S/C19H22N4O2/c20-15-7-4-13(5-8-15)10-11-21-18(24)3-1-2-14-6-9-16-17(12-14)23-19(25)22-16/h4-9,12H,1-3,10-11,20H2,(H,21,24)(H2,22,23,25). The molecule has 5 N–H and O–H groups in total. The van der Waals surface area contributed by atoms with E-state index in [4.69, 9.17) is 5.73 Å². The maximum atomic E-state index is 11.9. The van der Waals surface area contributed by atoms with Crippen molar-refractivity contribution in [2.75, 3.05) is 12.3 Å². The van der Waals surface area contributed by atoms with Gasteiger partial charge in [0.15, 0.2) is 0 Å². The Morgan fingerprint density at radius 1 is 0.960 bits per heavy atom. The third kappa shape index (κ3) is 4.73. The van der Waals surface area contributed by atoms with E-state index < -0.39 is 0 Å². The average molecular weight is 338 g/mol. The minimum absolute atomic E-state index is 0.0616. The van der Waals surface area contributed by atoms with Gasteiger partial charge in [0.05, 0.1) is 11.0 Å². The maximum absolute atomic E-state index is 11.9. The predicted molar refractivity (Wildman–Crippen MR) is 99.4 cm³/mol. The van der Waals surface area contributed by atoms with Crippen LogP contribution in [-0.2, 0) is 17.6 Å². The van der Waals surface area contributed by atoms with Crippen molar-refractivity contribution >= 4 is 22.6 Å². The van der Waals surface area contributed by atoms with E-state index in [0.29, 0.717) is 13.0 Å². The zero-order valence-electron chi connectivity index (χ0n) is 14.0. The molecule has 0 aliphatic heterocycles. The highest BCUT2D eigenvalue weighted by atomic mass is 16.1. The van der Waals surface area contributed by atoms with Crippen LogP contribution in [0.4, 0.5) is 5.69 Å². The molecule has 1 aromatic heterocycles. The first-order chi connectivity index (χ1) is 12.1. The monoisotopic (exact) mass is 338 g/mol. The highest BCUT2D eigenvalue weighted by molar-refractivity contribution is 5.76. The Morgan fingerprint density at radius 3 is 2.48 bits per heavy atom. The van der Waals surface area contributed by atoms with Gasteiger partial charge in [0.1, 0.15) is 0 Å². The van der Waals surface area contributed by atoms with Gasteiger partial charge in [0, 0.05) is 18.7 Å². The number of aryl methyl sites for hydroxylation is 1. The van der Waals surface area contributed by atoms with Crippen molar-refractivity contribution in [3.8, 4) is 0 Å². The fourth-order valence-corrected chi connectivity index (χ4v) is 2.81. The SMILES string of the molecule is Nc1ccc(CCNC(=O)CCCc2ccc3[nH]c(=O)[nH]c3c2)cc1. The lowest BCUT2D eigenvalue weighted by atomic mass is 10.1. The zero-order valence-corrected chi connectivity index (χ0v) is 14.0. The molecule has 25 heavy (non-hydrogen) atoms. The Hall–Kier alpha value is -3.02. The molecule has 0 spiro atoms. The summed E-state index contributed by atoms with van der Waals surface area (Å²) in [5.41, 5.74) is 10.1. The summed E-state index contributed by atoms with van der Waals surface area (Å²) in [6.07, 6.45) is 2.86. The van der Waals surface area contributed by atoms with Crippen molar-refractivity contribution < 1.29 is 4.79 Å². The molecule has 3 rings (SSSR count). The number of anilines is 1. The number of H-pyrrole nitrogens is 2. The highest BCUT2D eigenvalue weighted by Gasteiger charge is 2.04. The summed E-state index contributed by atoms with van der Waals surface area (Å²) in [5.74, 6) is 0.0616. The molecule has 0 fully saturated rings. The number of aromatic amines is 2. The van der Waals surface area contributed by atoms with Crippen LogP contribution in [0.3, 0.4) is 0 Å². The van der Waals surface area contributed by atoms with Gasteiger partial charge in [0.2, 0.25) is 5.91 Å².